The van der Waals surface area contributed by atoms with Crippen molar-refractivity contribution in [1.82, 2.24) is 5.43 Å². The first-order valence-electron chi connectivity index (χ1n) is 7.36. The number of anilines is 1. The molecule has 0 saturated carbocycles. The van der Waals surface area contributed by atoms with E-state index in [-0.39, 0.29) is 16.5 Å². The number of hydrogen-bond donors (Lipinski definition) is 3. The van der Waals surface area contributed by atoms with Gasteiger partial charge in [-0.3, -0.25) is 5.43 Å². The van der Waals surface area contributed by atoms with Crippen molar-refractivity contribution in [3.05, 3.63) is 53.6 Å². The van der Waals surface area contributed by atoms with Crippen LogP contribution in [0.3, 0.4) is 0 Å². The Morgan fingerprint density at radius 3 is 2.54 bits per heavy atom. The predicted molar refractivity (Wildman–Crippen MR) is 97.7 cm³/mol. The number of nitrogens with zero attached hydrogens (tertiary/aromatic N) is 1. The number of benzene rings is 2. The Morgan fingerprint density at radius 1 is 1.19 bits per heavy atom. The van der Waals surface area contributed by atoms with Crippen LogP contribution < -0.4 is 15.5 Å². The van der Waals surface area contributed by atoms with Crippen molar-refractivity contribution < 1.29 is 23.0 Å². The van der Waals surface area contributed by atoms with Gasteiger partial charge in [-0.2, -0.15) is 18.3 Å². The maximum Gasteiger partial charge on any atom is 0.416 e. The van der Waals surface area contributed by atoms with Crippen LogP contribution in [0.25, 0.3) is 0 Å². The van der Waals surface area contributed by atoms with E-state index in [9.17, 15) is 18.3 Å². The topological polar surface area (TPSA) is 65.9 Å². The summed E-state index contributed by atoms with van der Waals surface area (Å²) in [5, 5.41) is 16.6. The summed E-state index contributed by atoms with van der Waals surface area (Å²) in [6.07, 6.45) is -4.44. The first-order valence-corrected chi connectivity index (χ1v) is 7.77. The van der Waals surface area contributed by atoms with Gasteiger partial charge in [0.05, 0.1) is 18.4 Å². The molecule has 0 spiro atoms. The number of phenols is 1. The number of aromatic hydroxyl groups is 1. The number of hydrazone groups is 1. The molecule has 5 nitrogen and oxygen atoms in total. The Hall–Kier alpha value is -2.81. The van der Waals surface area contributed by atoms with Crippen LogP contribution in [-0.4, -0.2) is 23.0 Å². The van der Waals surface area contributed by atoms with Crippen LogP contribution in [0.4, 0.5) is 18.9 Å². The lowest BCUT2D eigenvalue weighted by Crippen LogP contribution is -2.25. The van der Waals surface area contributed by atoms with Gasteiger partial charge in [-0.05, 0) is 49.5 Å². The minimum atomic E-state index is -4.44. The average Bonchev–Trinajstić information content (AvgIpc) is 2.59. The highest BCUT2D eigenvalue weighted by Crippen LogP contribution is 2.30. The smallest absolute Gasteiger partial charge is 0.416 e. The molecule has 0 aromatic heterocycles. The molecule has 0 fully saturated rings. The minimum Gasteiger partial charge on any atom is -0.507 e. The van der Waals surface area contributed by atoms with Crippen molar-refractivity contribution in [2.45, 2.75) is 13.1 Å². The lowest BCUT2D eigenvalue weighted by Gasteiger charge is -2.11. The fraction of sp³-hybridized carbons (Fsp3) is 0.176. The molecule has 138 valence electrons. The number of halogens is 3. The zero-order chi connectivity index (χ0) is 19.3. The Kier molecular flexibility index (Phi) is 6.04. The van der Waals surface area contributed by atoms with Gasteiger partial charge in [0.1, 0.15) is 11.5 Å². The van der Waals surface area contributed by atoms with E-state index in [1.54, 1.807) is 19.1 Å². The van der Waals surface area contributed by atoms with Gasteiger partial charge in [-0.1, -0.05) is 6.07 Å². The second-order valence-corrected chi connectivity index (χ2v) is 5.63. The third-order valence-electron chi connectivity index (χ3n) is 3.37. The van der Waals surface area contributed by atoms with E-state index < -0.39 is 11.7 Å². The lowest BCUT2D eigenvalue weighted by molar-refractivity contribution is -0.137. The van der Waals surface area contributed by atoms with E-state index >= 15 is 0 Å². The van der Waals surface area contributed by atoms with E-state index in [1.165, 1.54) is 25.3 Å². The highest BCUT2D eigenvalue weighted by Gasteiger charge is 2.30. The summed E-state index contributed by atoms with van der Waals surface area (Å²) < 4.78 is 43.1. The number of nitrogens with one attached hydrogen (secondary N) is 2. The maximum atomic E-state index is 12.7. The molecule has 26 heavy (non-hydrogen) atoms. The van der Waals surface area contributed by atoms with Crippen LogP contribution in [0.15, 0.2) is 47.6 Å². The molecule has 0 unspecified atom stereocenters. The summed E-state index contributed by atoms with van der Waals surface area (Å²) >= 11 is 5.02. The van der Waals surface area contributed by atoms with Crippen LogP contribution >= 0.6 is 12.2 Å². The van der Waals surface area contributed by atoms with E-state index in [0.29, 0.717) is 17.0 Å². The molecule has 2 aromatic carbocycles. The van der Waals surface area contributed by atoms with Crippen molar-refractivity contribution in [1.29, 1.82) is 0 Å². The standard InChI is InChI=1S/C17H16F3N3O2S/c1-10(14-7-6-13(25-2)9-15(14)24)22-23-16(26)21-12-5-3-4-11(8-12)17(18,19)20/h3-9,24H,1-2H3,(H2,21,23,26)/b22-10+. The third-order valence-corrected chi connectivity index (χ3v) is 3.56. The monoisotopic (exact) mass is 383 g/mol. The second-order valence-electron chi connectivity index (χ2n) is 5.22. The predicted octanol–water partition coefficient (Wildman–Crippen LogP) is 4.13. The molecule has 0 aliphatic carbocycles. The molecule has 2 aromatic rings. The van der Waals surface area contributed by atoms with Crippen LogP contribution in [0.1, 0.15) is 18.1 Å². The van der Waals surface area contributed by atoms with E-state index in [4.69, 9.17) is 17.0 Å². The van der Waals surface area contributed by atoms with Crippen molar-refractivity contribution >= 4 is 28.7 Å². The number of phenolic OH excluding ortho intramolecular Hbond substituents is 1. The summed E-state index contributed by atoms with van der Waals surface area (Å²) in [4.78, 5) is 0. The van der Waals surface area contributed by atoms with Crippen molar-refractivity contribution in [2.24, 2.45) is 5.10 Å². The summed E-state index contributed by atoms with van der Waals surface area (Å²) in [6, 6.07) is 9.36. The Labute approximate surface area is 153 Å². The van der Waals surface area contributed by atoms with Gasteiger partial charge in [-0.25, -0.2) is 0 Å². The second kappa shape index (κ2) is 8.05. The van der Waals surface area contributed by atoms with E-state index in [0.717, 1.165) is 12.1 Å². The molecule has 0 saturated heterocycles. The number of rotatable bonds is 4. The van der Waals surface area contributed by atoms with Gasteiger partial charge in [0, 0.05) is 17.3 Å². The average molecular weight is 383 g/mol. The number of thiocarbonyl (C=S) groups is 1. The minimum absolute atomic E-state index is 0.0108. The van der Waals surface area contributed by atoms with Gasteiger partial charge in [-0.15, -0.1) is 0 Å². The van der Waals surface area contributed by atoms with Gasteiger partial charge in [0.15, 0.2) is 5.11 Å². The Bertz CT molecular complexity index is 838. The highest BCUT2D eigenvalue weighted by atomic mass is 32.1. The Balaban J connectivity index is 2.05. The van der Waals surface area contributed by atoms with Gasteiger partial charge >= 0.3 is 6.18 Å². The molecular weight excluding hydrogens is 367 g/mol. The molecule has 0 aliphatic heterocycles. The van der Waals surface area contributed by atoms with Crippen molar-refractivity contribution in [2.75, 3.05) is 12.4 Å². The number of alkyl halides is 3. The molecule has 9 heteroatoms. The number of methoxy groups -OCH3 is 1. The van der Waals surface area contributed by atoms with Gasteiger partial charge < -0.3 is 15.2 Å². The van der Waals surface area contributed by atoms with Crippen molar-refractivity contribution in [3.8, 4) is 11.5 Å². The first kappa shape index (κ1) is 19.5. The van der Waals surface area contributed by atoms with E-state index in [2.05, 4.69) is 15.8 Å². The lowest BCUT2D eigenvalue weighted by atomic mass is 10.1. The summed E-state index contributed by atoms with van der Waals surface area (Å²) in [7, 11) is 1.48. The number of hydrogen-bond acceptors (Lipinski definition) is 4. The zero-order valence-electron chi connectivity index (χ0n) is 13.9. The summed E-state index contributed by atoms with van der Waals surface area (Å²) in [5.41, 5.74) is 2.81. The first-order chi connectivity index (χ1) is 12.2. The van der Waals surface area contributed by atoms with Crippen LogP contribution in [0.2, 0.25) is 0 Å². The largest absolute Gasteiger partial charge is 0.507 e. The maximum absolute atomic E-state index is 12.7. The molecule has 0 radical (unpaired) electrons. The van der Waals surface area contributed by atoms with Crippen LogP contribution in [0.5, 0.6) is 11.5 Å². The molecule has 0 amide bonds. The molecule has 2 rings (SSSR count). The molecule has 0 aliphatic rings. The highest BCUT2D eigenvalue weighted by molar-refractivity contribution is 7.80. The fourth-order valence-corrected chi connectivity index (χ4v) is 2.24. The van der Waals surface area contributed by atoms with Crippen LogP contribution in [0, 0.1) is 0 Å². The quantitative estimate of drug-likeness (QED) is 0.421. The fourth-order valence-electron chi connectivity index (χ4n) is 2.07. The zero-order valence-corrected chi connectivity index (χ0v) is 14.7. The molecule has 0 atom stereocenters. The van der Waals surface area contributed by atoms with Gasteiger partial charge in [0.25, 0.3) is 0 Å². The molecule has 3 N–H and O–H groups in total. The summed E-state index contributed by atoms with van der Waals surface area (Å²) in [6.45, 7) is 1.64. The normalized spacial score (nSPS) is 11.8. The SMILES string of the molecule is COc1ccc(/C(C)=N/NC(=S)Nc2cccc(C(F)(F)F)c2)c(O)c1. The molecule has 0 heterocycles. The van der Waals surface area contributed by atoms with Gasteiger partial charge in [0.2, 0.25) is 0 Å². The van der Waals surface area contributed by atoms with Crippen molar-refractivity contribution in [3.63, 3.8) is 0 Å². The molecule has 0 bridgehead atoms. The Morgan fingerprint density at radius 2 is 1.92 bits per heavy atom. The third kappa shape index (κ3) is 5.09. The van der Waals surface area contributed by atoms with E-state index in [1.807, 2.05) is 0 Å². The number of ether oxygens (including phenoxy) is 1. The molecular formula is C17H16F3N3O2S. The van der Waals surface area contributed by atoms with Crippen LogP contribution in [-0.2, 0) is 6.18 Å². The summed E-state index contributed by atoms with van der Waals surface area (Å²) in [5.74, 6) is 0.470.